The molecule has 0 fully saturated rings. The monoisotopic (exact) mass is 297 g/mol. The number of hydrogen-bond acceptors (Lipinski definition) is 1. The van der Waals surface area contributed by atoms with Gasteiger partial charge in [0.1, 0.15) is 0 Å². The Labute approximate surface area is 112 Å². The summed E-state index contributed by atoms with van der Waals surface area (Å²) in [5, 5.41) is 3.93. The molecule has 94 valence electrons. The summed E-state index contributed by atoms with van der Waals surface area (Å²) in [6.07, 6.45) is 0.832. The standard InChI is InChI=1S/C14H20BrNO/c1-3-13(12-7-5-4-6-8-12)14(17)16-10-11(2)9-15/h4-8,11,13H,3,9-10H2,1-2H3,(H,16,17). The molecular weight excluding hydrogens is 278 g/mol. The molecule has 1 rings (SSSR count). The number of carbonyl (C=O) groups excluding carboxylic acids is 1. The summed E-state index contributed by atoms with van der Waals surface area (Å²) in [5.41, 5.74) is 1.10. The van der Waals surface area contributed by atoms with E-state index >= 15 is 0 Å². The van der Waals surface area contributed by atoms with Gasteiger partial charge in [-0.05, 0) is 17.9 Å². The molecule has 0 spiro atoms. The second-order valence-electron chi connectivity index (χ2n) is 4.38. The third-order valence-corrected chi connectivity index (χ3v) is 3.92. The molecule has 0 bridgehead atoms. The Balaban J connectivity index is 2.59. The van der Waals surface area contributed by atoms with Crippen LogP contribution in [0.2, 0.25) is 0 Å². The highest BCUT2D eigenvalue weighted by molar-refractivity contribution is 9.09. The SMILES string of the molecule is CCC(C(=O)NCC(C)CBr)c1ccccc1. The van der Waals surface area contributed by atoms with E-state index in [9.17, 15) is 4.79 Å². The lowest BCUT2D eigenvalue weighted by Gasteiger charge is -2.17. The maximum absolute atomic E-state index is 12.1. The van der Waals surface area contributed by atoms with E-state index in [1.54, 1.807) is 0 Å². The van der Waals surface area contributed by atoms with Crippen LogP contribution in [0.25, 0.3) is 0 Å². The van der Waals surface area contributed by atoms with E-state index in [-0.39, 0.29) is 11.8 Å². The average molecular weight is 298 g/mol. The van der Waals surface area contributed by atoms with E-state index in [0.29, 0.717) is 5.92 Å². The zero-order valence-corrected chi connectivity index (χ0v) is 12.0. The van der Waals surface area contributed by atoms with Crippen LogP contribution < -0.4 is 5.32 Å². The number of alkyl halides is 1. The van der Waals surface area contributed by atoms with Crippen LogP contribution in [0, 0.1) is 5.92 Å². The van der Waals surface area contributed by atoms with Gasteiger partial charge in [-0.1, -0.05) is 60.1 Å². The second kappa shape index (κ2) is 7.49. The van der Waals surface area contributed by atoms with Crippen molar-refractivity contribution in [2.75, 3.05) is 11.9 Å². The smallest absolute Gasteiger partial charge is 0.227 e. The largest absolute Gasteiger partial charge is 0.355 e. The molecule has 0 aliphatic heterocycles. The van der Waals surface area contributed by atoms with Crippen molar-refractivity contribution in [1.82, 2.24) is 5.32 Å². The summed E-state index contributed by atoms with van der Waals surface area (Å²) < 4.78 is 0. The van der Waals surface area contributed by atoms with Crippen LogP contribution in [0.3, 0.4) is 0 Å². The molecule has 2 unspecified atom stereocenters. The van der Waals surface area contributed by atoms with Gasteiger partial charge >= 0.3 is 0 Å². The van der Waals surface area contributed by atoms with Crippen LogP contribution in [0.1, 0.15) is 31.7 Å². The highest BCUT2D eigenvalue weighted by Crippen LogP contribution is 2.19. The topological polar surface area (TPSA) is 29.1 Å². The molecule has 0 saturated heterocycles. The summed E-state index contributed by atoms with van der Waals surface area (Å²) in [6.45, 7) is 4.89. The first-order chi connectivity index (χ1) is 8.19. The van der Waals surface area contributed by atoms with Gasteiger partial charge in [0.15, 0.2) is 0 Å². The Bertz CT molecular complexity index is 339. The molecule has 1 amide bonds. The van der Waals surface area contributed by atoms with E-state index in [2.05, 4.69) is 28.2 Å². The Morgan fingerprint density at radius 1 is 1.35 bits per heavy atom. The van der Waals surface area contributed by atoms with Crippen molar-refractivity contribution in [3.63, 3.8) is 0 Å². The summed E-state index contributed by atoms with van der Waals surface area (Å²) >= 11 is 3.41. The van der Waals surface area contributed by atoms with E-state index < -0.39 is 0 Å². The lowest BCUT2D eigenvalue weighted by atomic mass is 9.95. The molecule has 1 N–H and O–H groups in total. The Morgan fingerprint density at radius 3 is 2.53 bits per heavy atom. The van der Waals surface area contributed by atoms with Gasteiger partial charge in [0.25, 0.3) is 0 Å². The first-order valence-electron chi connectivity index (χ1n) is 6.07. The lowest BCUT2D eigenvalue weighted by Crippen LogP contribution is -2.33. The molecule has 0 aliphatic carbocycles. The quantitative estimate of drug-likeness (QED) is 0.802. The second-order valence-corrected chi connectivity index (χ2v) is 5.02. The summed E-state index contributed by atoms with van der Waals surface area (Å²) in [5.74, 6) is 0.567. The van der Waals surface area contributed by atoms with Crippen molar-refractivity contribution in [3.05, 3.63) is 35.9 Å². The minimum atomic E-state index is -0.0290. The van der Waals surface area contributed by atoms with Gasteiger partial charge in [-0.15, -0.1) is 0 Å². The van der Waals surface area contributed by atoms with E-state index in [0.717, 1.165) is 23.9 Å². The minimum absolute atomic E-state index is 0.0290. The first-order valence-corrected chi connectivity index (χ1v) is 7.19. The van der Waals surface area contributed by atoms with E-state index in [1.807, 2.05) is 37.3 Å². The predicted octanol–water partition coefficient (Wildman–Crippen LogP) is 3.33. The molecule has 0 aromatic heterocycles. The van der Waals surface area contributed by atoms with Gasteiger partial charge in [-0.25, -0.2) is 0 Å². The van der Waals surface area contributed by atoms with E-state index in [1.165, 1.54) is 0 Å². The molecule has 17 heavy (non-hydrogen) atoms. The van der Waals surface area contributed by atoms with Gasteiger partial charge in [0.05, 0.1) is 5.92 Å². The third kappa shape index (κ3) is 4.50. The molecule has 2 atom stereocenters. The fourth-order valence-corrected chi connectivity index (χ4v) is 1.94. The van der Waals surface area contributed by atoms with Gasteiger partial charge in [-0.3, -0.25) is 4.79 Å². The lowest BCUT2D eigenvalue weighted by molar-refractivity contribution is -0.122. The Morgan fingerprint density at radius 2 is 2.00 bits per heavy atom. The molecule has 2 nitrogen and oxygen atoms in total. The number of halogens is 1. The van der Waals surface area contributed by atoms with Crippen molar-refractivity contribution in [1.29, 1.82) is 0 Å². The highest BCUT2D eigenvalue weighted by Gasteiger charge is 2.18. The summed E-state index contributed by atoms with van der Waals surface area (Å²) in [6, 6.07) is 9.96. The molecule has 1 aromatic rings. The van der Waals surface area contributed by atoms with Gasteiger partial charge in [-0.2, -0.15) is 0 Å². The highest BCUT2D eigenvalue weighted by atomic mass is 79.9. The van der Waals surface area contributed by atoms with Crippen LogP contribution in [0.15, 0.2) is 30.3 Å². The number of carbonyl (C=O) groups is 1. The molecule has 3 heteroatoms. The number of amides is 1. The number of nitrogens with one attached hydrogen (secondary N) is 1. The van der Waals surface area contributed by atoms with Crippen molar-refractivity contribution in [3.8, 4) is 0 Å². The maximum atomic E-state index is 12.1. The normalized spacial score (nSPS) is 14.1. The Kier molecular flexibility index (Phi) is 6.27. The van der Waals surface area contributed by atoms with E-state index in [4.69, 9.17) is 0 Å². The maximum Gasteiger partial charge on any atom is 0.227 e. The molecular formula is C14H20BrNO. The molecule has 0 saturated carbocycles. The van der Waals surface area contributed by atoms with Gasteiger partial charge in [0, 0.05) is 11.9 Å². The van der Waals surface area contributed by atoms with Crippen LogP contribution >= 0.6 is 15.9 Å². The molecule has 1 aromatic carbocycles. The molecule has 0 heterocycles. The van der Waals surface area contributed by atoms with Crippen LogP contribution in [0.5, 0.6) is 0 Å². The Hall–Kier alpha value is -0.830. The fraction of sp³-hybridized carbons (Fsp3) is 0.500. The summed E-state index contributed by atoms with van der Waals surface area (Å²) in [7, 11) is 0. The van der Waals surface area contributed by atoms with Crippen LogP contribution in [-0.4, -0.2) is 17.8 Å². The molecule has 0 radical (unpaired) electrons. The first kappa shape index (κ1) is 14.2. The van der Waals surface area contributed by atoms with Crippen molar-refractivity contribution < 1.29 is 4.79 Å². The fourth-order valence-electron chi connectivity index (χ4n) is 1.71. The van der Waals surface area contributed by atoms with Crippen LogP contribution in [-0.2, 0) is 4.79 Å². The third-order valence-electron chi connectivity index (χ3n) is 2.81. The van der Waals surface area contributed by atoms with Gasteiger partial charge < -0.3 is 5.32 Å². The van der Waals surface area contributed by atoms with Crippen molar-refractivity contribution >= 4 is 21.8 Å². The van der Waals surface area contributed by atoms with Crippen LogP contribution in [0.4, 0.5) is 0 Å². The summed E-state index contributed by atoms with van der Waals surface area (Å²) in [4.78, 5) is 12.1. The number of rotatable bonds is 6. The van der Waals surface area contributed by atoms with Gasteiger partial charge in [0.2, 0.25) is 5.91 Å². The zero-order chi connectivity index (χ0) is 12.7. The number of hydrogen-bond donors (Lipinski definition) is 1. The minimum Gasteiger partial charge on any atom is -0.355 e. The predicted molar refractivity (Wildman–Crippen MR) is 75.4 cm³/mol. The average Bonchev–Trinajstić information content (AvgIpc) is 2.38. The molecule has 0 aliphatic rings. The van der Waals surface area contributed by atoms with Crippen molar-refractivity contribution in [2.24, 2.45) is 5.92 Å². The number of benzene rings is 1. The zero-order valence-electron chi connectivity index (χ0n) is 10.4. The van der Waals surface area contributed by atoms with Crippen molar-refractivity contribution in [2.45, 2.75) is 26.2 Å².